The molecule has 0 spiro atoms. The van der Waals surface area contributed by atoms with Gasteiger partial charge in [0.05, 0.1) is 0 Å². The van der Waals surface area contributed by atoms with Crippen LogP contribution in [0.2, 0.25) is 0 Å². The van der Waals surface area contributed by atoms with Crippen LogP contribution in [-0.4, -0.2) is 37.1 Å². The van der Waals surface area contributed by atoms with E-state index >= 15 is 0 Å². The fourth-order valence-corrected chi connectivity index (χ4v) is 2.50. The Bertz CT molecular complexity index is 195. The second-order valence-corrected chi connectivity index (χ2v) is 6.24. The first-order valence-electron chi connectivity index (χ1n) is 6.26. The lowest BCUT2D eigenvalue weighted by molar-refractivity contribution is 0.0565. The molecule has 1 saturated heterocycles. The summed E-state index contributed by atoms with van der Waals surface area (Å²) in [5.41, 5.74) is 0.374. The Labute approximate surface area is 95.4 Å². The molecule has 1 rings (SSSR count). The third-order valence-electron chi connectivity index (χ3n) is 4.13. The molecule has 15 heavy (non-hydrogen) atoms. The number of nitrogens with one attached hydrogen (secondary N) is 1. The van der Waals surface area contributed by atoms with Crippen molar-refractivity contribution in [1.29, 1.82) is 0 Å². The van der Waals surface area contributed by atoms with Gasteiger partial charge >= 0.3 is 0 Å². The molecule has 3 unspecified atom stereocenters. The van der Waals surface area contributed by atoms with Crippen molar-refractivity contribution in [3.8, 4) is 0 Å². The fraction of sp³-hybridized carbons (Fsp3) is 1.00. The molecule has 1 fully saturated rings. The standard InChI is InChI=1S/C13H28N2/c1-10-9-14-8-7-12(10)15(6)11(2)13(3,4)5/h10-12,14H,7-9H2,1-6H3. The zero-order chi connectivity index (χ0) is 11.6. The monoisotopic (exact) mass is 212 g/mol. The van der Waals surface area contributed by atoms with Gasteiger partial charge in [0, 0.05) is 12.1 Å². The van der Waals surface area contributed by atoms with Gasteiger partial charge in [-0.3, -0.25) is 4.90 Å². The molecule has 0 aromatic heterocycles. The van der Waals surface area contributed by atoms with Gasteiger partial charge in [-0.1, -0.05) is 27.7 Å². The summed E-state index contributed by atoms with van der Waals surface area (Å²) in [6, 6.07) is 1.39. The number of rotatable bonds is 2. The van der Waals surface area contributed by atoms with Gasteiger partial charge in [-0.05, 0) is 44.8 Å². The van der Waals surface area contributed by atoms with E-state index < -0.39 is 0 Å². The van der Waals surface area contributed by atoms with Crippen molar-refractivity contribution in [3.63, 3.8) is 0 Å². The highest BCUT2D eigenvalue weighted by Gasteiger charge is 2.32. The fourth-order valence-electron chi connectivity index (χ4n) is 2.50. The van der Waals surface area contributed by atoms with E-state index in [0.717, 1.165) is 12.0 Å². The van der Waals surface area contributed by atoms with Crippen LogP contribution in [-0.2, 0) is 0 Å². The summed E-state index contributed by atoms with van der Waals surface area (Å²) in [6.45, 7) is 14.1. The molecule has 2 nitrogen and oxygen atoms in total. The highest BCUT2D eigenvalue weighted by Crippen LogP contribution is 2.28. The molecule has 1 aliphatic rings. The highest BCUT2D eigenvalue weighted by atomic mass is 15.2. The summed E-state index contributed by atoms with van der Waals surface area (Å²) in [6.07, 6.45) is 1.29. The van der Waals surface area contributed by atoms with Gasteiger partial charge in [0.25, 0.3) is 0 Å². The molecule has 0 aromatic rings. The Morgan fingerprint density at radius 3 is 2.40 bits per heavy atom. The Kier molecular flexibility index (Phi) is 4.19. The molecule has 2 heteroatoms. The average Bonchev–Trinajstić information content (AvgIpc) is 2.15. The van der Waals surface area contributed by atoms with Crippen molar-refractivity contribution >= 4 is 0 Å². The summed E-state index contributed by atoms with van der Waals surface area (Å²) in [7, 11) is 2.29. The van der Waals surface area contributed by atoms with E-state index in [1.54, 1.807) is 0 Å². The van der Waals surface area contributed by atoms with Crippen LogP contribution in [0.3, 0.4) is 0 Å². The van der Waals surface area contributed by atoms with Crippen LogP contribution < -0.4 is 5.32 Å². The highest BCUT2D eigenvalue weighted by molar-refractivity contribution is 4.87. The minimum absolute atomic E-state index is 0.374. The van der Waals surface area contributed by atoms with Crippen LogP contribution in [0.25, 0.3) is 0 Å². The summed E-state index contributed by atoms with van der Waals surface area (Å²) in [5.74, 6) is 0.772. The van der Waals surface area contributed by atoms with Crippen molar-refractivity contribution < 1.29 is 0 Å². The Hall–Kier alpha value is -0.0800. The van der Waals surface area contributed by atoms with Crippen molar-refractivity contribution in [2.75, 3.05) is 20.1 Å². The van der Waals surface area contributed by atoms with Crippen LogP contribution >= 0.6 is 0 Å². The van der Waals surface area contributed by atoms with E-state index in [1.165, 1.54) is 19.5 Å². The largest absolute Gasteiger partial charge is 0.316 e. The number of hydrogen-bond donors (Lipinski definition) is 1. The van der Waals surface area contributed by atoms with Crippen LogP contribution in [0, 0.1) is 11.3 Å². The third kappa shape index (κ3) is 3.18. The minimum Gasteiger partial charge on any atom is -0.316 e. The van der Waals surface area contributed by atoms with Gasteiger partial charge in [-0.15, -0.1) is 0 Å². The molecule has 1 aliphatic heterocycles. The molecule has 1 heterocycles. The van der Waals surface area contributed by atoms with Crippen LogP contribution in [0.5, 0.6) is 0 Å². The molecule has 3 atom stereocenters. The summed E-state index contributed by atoms with van der Waals surface area (Å²) in [4.78, 5) is 2.59. The van der Waals surface area contributed by atoms with Crippen molar-refractivity contribution in [3.05, 3.63) is 0 Å². The van der Waals surface area contributed by atoms with E-state index in [2.05, 4.69) is 51.9 Å². The summed E-state index contributed by atoms with van der Waals surface area (Å²) < 4.78 is 0. The van der Waals surface area contributed by atoms with Crippen LogP contribution in [0.15, 0.2) is 0 Å². The first-order chi connectivity index (χ1) is 6.84. The van der Waals surface area contributed by atoms with Crippen molar-refractivity contribution in [2.45, 2.75) is 53.1 Å². The maximum Gasteiger partial charge on any atom is 0.0145 e. The third-order valence-corrected chi connectivity index (χ3v) is 4.13. The quantitative estimate of drug-likeness (QED) is 0.756. The van der Waals surface area contributed by atoms with Gasteiger partial charge in [0.1, 0.15) is 0 Å². The van der Waals surface area contributed by atoms with Crippen LogP contribution in [0.1, 0.15) is 41.0 Å². The van der Waals surface area contributed by atoms with Gasteiger partial charge < -0.3 is 5.32 Å². The lowest BCUT2D eigenvalue weighted by Gasteiger charge is -2.44. The van der Waals surface area contributed by atoms with E-state index in [4.69, 9.17) is 0 Å². The predicted molar refractivity (Wildman–Crippen MR) is 67.1 cm³/mol. The number of piperidine rings is 1. The SMILES string of the molecule is CC1CNCCC1N(C)C(C)C(C)(C)C. The van der Waals surface area contributed by atoms with E-state index in [1.807, 2.05) is 0 Å². The number of nitrogens with zero attached hydrogens (tertiary/aromatic N) is 1. The second kappa shape index (κ2) is 4.84. The van der Waals surface area contributed by atoms with Crippen molar-refractivity contribution in [1.82, 2.24) is 10.2 Å². The normalized spacial score (nSPS) is 30.6. The topological polar surface area (TPSA) is 15.3 Å². The maximum atomic E-state index is 3.47. The molecule has 0 radical (unpaired) electrons. The van der Waals surface area contributed by atoms with Crippen LogP contribution in [0.4, 0.5) is 0 Å². The maximum absolute atomic E-state index is 3.47. The van der Waals surface area contributed by atoms with Gasteiger partial charge in [-0.25, -0.2) is 0 Å². The zero-order valence-corrected chi connectivity index (χ0v) is 11.3. The predicted octanol–water partition coefficient (Wildman–Crippen LogP) is 2.35. The number of hydrogen-bond acceptors (Lipinski definition) is 2. The van der Waals surface area contributed by atoms with Gasteiger partial charge in [0.2, 0.25) is 0 Å². The summed E-state index contributed by atoms with van der Waals surface area (Å²) >= 11 is 0. The smallest absolute Gasteiger partial charge is 0.0145 e. The Balaban J connectivity index is 2.62. The molecular weight excluding hydrogens is 184 g/mol. The summed E-state index contributed by atoms with van der Waals surface area (Å²) in [5, 5.41) is 3.47. The molecule has 0 aliphatic carbocycles. The Morgan fingerprint density at radius 2 is 1.93 bits per heavy atom. The second-order valence-electron chi connectivity index (χ2n) is 6.24. The molecule has 0 aromatic carbocycles. The van der Waals surface area contributed by atoms with Gasteiger partial charge in [0.15, 0.2) is 0 Å². The molecule has 0 saturated carbocycles. The first kappa shape index (κ1) is 13.0. The average molecular weight is 212 g/mol. The molecule has 1 N–H and O–H groups in total. The lowest BCUT2D eigenvalue weighted by Crippen LogP contribution is -2.52. The molecule has 0 amide bonds. The minimum atomic E-state index is 0.374. The van der Waals surface area contributed by atoms with E-state index in [-0.39, 0.29) is 0 Å². The van der Waals surface area contributed by atoms with E-state index in [0.29, 0.717) is 11.5 Å². The Morgan fingerprint density at radius 1 is 1.33 bits per heavy atom. The molecule has 0 bridgehead atoms. The molecular formula is C13H28N2. The zero-order valence-electron chi connectivity index (χ0n) is 11.3. The first-order valence-corrected chi connectivity index (χ1v) is 6.26. The molecule has 90 valence electrons. The van der Waals surface area contributed by atoms with E-state index in [9.17, 15) is 0 Å². The van der Waals surface area contributed by atoms with Crippen molar-refractivity contribution in [2.24, 2.45) is 11.3 Å². The van der Waals surface area contributed by atoms with Gasteiger partial charge in [-0.2, -0.15) is 0 Å². The lowest BCUT2D eigenvalue weighted by atomic mass is 9.84.